The average Bonchev–Trinajstić information content (AvgIpc) is 3.16. The van der Waals surface area contributed by atoms with Gasteiger partial charge in [-0.3, -0.25) is 9.59 Å². The second kappa shape index (κ2) is 8.19. The number of fused-ring (bicyclic) bond motifs is 1. The van der Waals surface area contributed by atoms with Gasteiger partial charge >= 0.3 is 0 Å². The highest BCUT2D eigenvalue weighted by Gasteiger charge is 2.08. The van der Waals surface area contributed by atoms with Crippen molar-refractivity contribution < 1.29 is 14.1 Å². The number of benzene rings is 1. The van der Waals surface area contributed by atoms with Crippen LogP contribution in [-0.4, -0.2) is 33.0 Å². The van der Waals surface area contributed by atoms with Gasteiger partial charge in [0.25, 0.3) is 0 Å². The van der Waals surface area contributed by atoms with Crippen LogP contribution < -0.4 is 15.5 Å². The molecule has 2 aromatic heterocycles. The first-order chi connectivity index (χ1) is 12.5. The van der Waals surface area contributed by atoms with E-state index in [0.717, 1.165) is 10.2 Å². The van der Waals surface area contributed by atoms with Crippen LogP contribution in [0.2, 0.25) is 0 Å². The Kier molecular flexibility index (Phi) is 5.74. The van der Waals surface area contributed by atoms with Gasteiger partial charge in [0.15, 0.2) is 5.82 Å². The van der Waals surface area contributed by atoms with Gasteiger partial charge in [0.05, 0.1) is 21.7 Å². The molecule has 2 N–H and O–H groups in total. The molecule has 0 aliphatic rings. The van der Waals surface area contributed by atoms with Crippen molar-refractivity contribution >= 4 is 50.9 Å². The van der Waals surface area contributed by atoms with E-state index in [1.165, 1.54) is 23.1 Å². The van der Waals surface area contributed by atoms with E-state index in [9.17, 15) is 9.59 Å². The summed E-state index contributed by atoms with van der Waals surface area (Å²) >= 11 is 2.69. The summed E-state index contributed by atoms with van der Waals surface area (Å²) in [5.74, 6) is 0.731. The van der Waals surface area contributed by atoms with Crippen LogP contribution in [0.25, 0.3) is 10.2 Å². The summed E-state index contributed by atoms with van der Waals surface area (Å²) < 4.78 is 7.88. The van der Waals surface area contributed by atoms with Gasteiger partial charge in [-0.1, -0.05) is 28.6 Å². The van der Waals surface area contributed by atoms with Gasteiger partial charge in [-0.15, -0.1) is 16.9 Å². The molecule has 0 spiro atoms. The molecule has 0 aliphatic carbocycles. The van der Waals surface area contributed by atoms with Crippen LogP contribution in [0.5, 0.6) is 0 Å². The fraction of sp³-hybridized carbons (Fsp3) is 0.250. The lowest BCUT2D eigenvalue weighted by atomic mass is 10.3. The van der Waals surface area contributed by atoms with Gasteiger partial charge in [-0.2, -0.15) is 0 Å². The fourth-order valence-electron chi connectivity index (χ4n) is 2.17. The van der Waals surface area contributed by atoms with Crippen LogP contribution in [0, 0.1) is 6.92 Å². The van der Waals surface area contributed by atoms with Crippen molar-refractivity contribution in [1.82, 2.24) is 15.1 Å². The number of anilines is 1. The van der Waals surface area contributed by atoms with Gasteiger partial charge in [-0.25, -0.2) is 5.43 Å². The lowest BCUT2D eigenvalue weighted by molar-refractivity contribution is -0.118. The van der Waals surface area contributed by atoms with Crippen LogP contribution in [-0.2, 0) is 16.6 Å². The average molecular weight is 391 g/mol. The predicted octanol–water partition coefficient (Wildman–Crippen LogP) is 1.84. The first-order valence-electron chi connectivity index (χ1n) is 7.71. The van der Waals surface area contributed by atoms with E-state index in [2.05, 4.69) is 21.0 Å². The van der Waals surface area contributed by atoms with Gasteiger partial charge < -0.3 is 14.4 Å². The lowest BCUT2D eigenvalue weighted by Crippen LogP contribution is -2.25. The third kappa shape index (κ3) is 4.52. The van der Waals surface area contributed by atoms with Crippen molar-refractivity contribution in [1.29, 1.82) is 0 Å². The van der Waals surface area contributed by atoms with Crippen LogP contribution in [0.4, 0.5) is 5.82 Å². The quantitative estimate of drug-likeness (QED) is 0.625. The highest BCUT2D eigenvalue weighted by Crippen LogP contribution is 2.15. The molecule has 0 atom stereocenters. The summed E-state index contributed by atoms with van der Waals surface area (Å²) in [5, 5.41) is 10.4. The molecule has 26 heavy (non-hydrogen) atoms. The van der Waals surface area contributed by atoms with Crippen LogP contribution in [0.3, 0.4) is 0 Å². The Morgan fingerprint density at radius 3 is 2.81 bits per heavy atom. The number of thiazole rings is 1. The summed E-state index contributed by atoms with van der Waals surface area (Å²) in [6.07, 6.45) is 0. The van der Waals surface area contributed by atoms with Gasteiger partial charge in [-0.05, 0) is 19.1 Å². The summed E-state index contributed by atoms with van der Waals surface area (Å²) in [5.41, 5.74) is 3.58. The third-order valence-electron chi connectivity index (χ3n) is 3.35. The normalized spacial score (nSPS) is 11.7. The Labute approximate surface area is 157 Å². The van der Waals surface area contributed by atoms with Crippen LogP contribution in [0.1, 0.15) is 5.76 Å². The Morgan fingerprint density at radius 2 is 2.08 bits per heavy atom. The number of carbonyl (C=O) groups is 2. The van der Waals surface area contributed by atoms with Crippen molar-refractivity contribution in [3.05, 3.63) is 40.9 Å². The van der Waals surface area contributed by atoms with E-state index < -0.39 is 0 Å². The molecule has 0 saturated carbocycles. The first-order valence-corrected chi connectivity index (χ1v) is 9.68. The molecule has 2 heterocycles. The van der Waals surface area contributed by atoms with Crippen molar-refractivity contribution in [2.75, 3.05) is 16.8 Å². The minimum atomic E-state index is -0.266. The third-order valence-corrected chi connectivity index (χ3v) is 5.40. The summed E-state index contributed by atoms with van der Waals surface area (Å²) in [4.78, 5) is 24.4. The molecule has 0 unspecified atom stereocenters. The molecule has 10 heteroatoms. The SMILES string of the molecule is Cc1cc(NC(=O)CSCC(=O)N/N=c2\sc3ccccc3n2C)no1. The Morgan fingerprint density at radius 1 is 1.31 bits per heavy atom. The van der Waals surface area contributed by atoms with E-state index in [4.69, 9.17) is 4.52 Å². The van der Waals surface area contributed by atoms with E-state index >= 15 is 0 Å². The fourth-order valence-corrected chi connectivity index (χ4v) is 3.76. The smallest absolute Gasteiger partial charge is 0.250 e. The maximum absolute atomic E-state index is 11.9. The number of para-hydroxylation sites is 1. The highest BCUT2D eigenvalue weighted by molar-refractivity contribution is 8.00. The largest absolute Gasteiger partial charge is 0.360 e. The molecule has 1 aromatic carbocycles. The summed E-state index contributed by atoms with van der Waals surface area (Å²) in [6, 6.07) is 9.55. The number of hydrogen-bond acceptors (Lipinski definition) is 7. The number of hydrogen-bond donors (Lipinski definition) is 2. The van der Waals surface area contributed by atoms with Gasteiger partial charge in [0, 0.05) is 13.1 Å². The van der Waals surface area contributed by atoms with Crippen molar-refractivity contribution in [3.63, 3.8) is 0 Å². The first kappa shape index (κ1) is 18.2. The number of nitrogens with zero attached hydrogens (tertiary/aromatic N) is 3. The second-order valence-electron chi connectivity index (χ2n) is 5.42. The summed E-state index contributed by atoms with van der Waals surface area (Å²) in [6.45, 7) is 1.74. The van der Waals surface area contributed by atoms with E-state index in [1.807, 2.05) is 35.9 Å². The molecule has 0 saturated heterocycles. The molecule has 2 amide bonds. The summed E-state index contributed by atoms with van der Waals surface area (Å²) in [7, 11) is 1.90. The highest BCUT2D eigenvalue weighted by atomic mass is 32.2. The number of amides is 2. The van der Waals surface area contributed by atoms with E-state index in [0.29, 0.717) is 16.4 Å². The van der Waals surface area contributed by atoms with E-state index in [1.54, 1.807) is 13.0 Å². The maximum Gasteiger partial charge on any atom is 0.250 e. The number of aromatic nitrogens is 2. The molecule has 0 radical (unpaired) electrons. The molecule has 3 rings (SSSR count). The van der Waals surface area contributed by atoms with Crippen molar-refractivity contribution in [2.45, 2.75) is 6.92 Å². The number of nitrogens with one attached hydrogen (secondary N) is 2. The van der Waals surface area contributed by atoms with E-state index in [-0.39, 0.29) is 23.3 Å². The molecule has 8 nitrogen and oxygen atoms in total. The molecule has 3 aromatic rings. The van der Waals surface area contributed by atoms with Crippen molar-refractivity contribution in [3.8, 4) is 0 Å². The Bertz CT molecular complexity index is 1000. The molecule has 0 aliphatic heterocycles. The Hall–Kier alpha value is -2.59. The lowest BCUT2D eigenvalue weighted by Gasteiger charge is -2.01. The topological polar surface area (TPSA) is 102 Å². The minimum Gasteiger partial charge on any atom is -0.360 e. The monoisotopic (exact) mass is 391 g/mol. The maximum atomic E-state index is 11.9. The van der Waals surface area contributed by atoms with Crippen LogP contribution in [0.15, 0.2) is 40.0 Å². The zero-order valence-corrected chi connectivity index (χ0v) is 15.8. The molecule has 136 valence electrons. The number of carbonyl (C=O) groups excluding carboxylic acids is 2. The zero-order chi connectivity index (χ0) is 18.5. The standard InChI is InChI=1S/C16H17N5O3S2/c1-10-7-13(20-24-10)17-14(22)8-25-9-15(23)18-19-16-21(2)11-5-3-4-6-12(11)26-16/h3-7H,8-9H2,1-2H3,(H,18,23)(H,17,20,22)/b19-16-. The van der Waals surface area contributed by atoms with Gasteiger partial charge in [0.1, 0.15) is 5.76 Å². The number of thioether (sulfide) groups is 1. The molecular formula is C16H17N5O3S2. The van der Waals surface area contributed by atoms with Crippen molar-refractivity contribution in [2.24, 2.45) is 12.1 Å². The molecular weight excluding hydrogens is 374 g/mol. The zero-order valence-electron chi connectivity index (χ0n) is 14.2. The number of aryl methyl sites for hydroxylation is 2. The van der Waals surface area contributed by atoms with Crippen LogP contribution >= 0.6 is 23.1 Å². The number of rotatable bonds is 6. The Balaban J connectivity index is 1.48. The second-order valence-corrected chi connectivity index (χ2v) is 7.42. The molecule has 0 bridgehead atoms. The minimum absolute atomic E-state index is 0.128. The van der Waals surface area contributed by atoms with Gasteiger partial charge in [0.2, 0.25) is 16.6 Å². The predicted molar refractivity (Wildman–Crippen MR) is 102 cm³/mol. The molecule has 0 fully saturated rings.